The summed E-state index contributed by atoms with van der Waals surface area (Å²) in [6.45, 7) is 3.91. The lowest BCUT2D eigenvalue weighted by atomic mass is 10.2. The van der Waals surface area contributed by atoms with Gasteiger partial charge in [0, 0.05) is 24.7 Å². The molecule has 0 aromatic heterocycles. The van der Waals surface area contributed by atoms with E-state index >= 15 is 0 Å². The highest BCUT2D eigenvalue weighted by Crippen LogP contribution is 2.22. The van der Waals surface area contributed by atoms with E-state index in [9.17, 15) is 4.79 Å². The standard InChI is InChI=1S/C13H18ClNO2S/c1-3-17-8-4-7-15-13(16)11-9-10(18-2)5-6-12(11)14/h5-6,9H,3-4,7-8H2,1-2H3,(H,15,16). The molecule has 0 saturated heterocycles. The molecule has 0 atom stereocenters. The first kappa shape index (κ1) is 15.3. The fraction of sp³-hybridized carbons (Fsp3) is 0.462. The molecule has 0 heterocycles. The summed E-state index contributed by atoms with van der Waals surface area (Å²) in [5.74, 6) is -0.132. The predicted octanol–water partition coefficient (Wildman–Crippen LogP) is 3.22. The zero-order valence-electron chi connectivity index (χ0n) is 10.7. The molecule has 3 nitrogen and oxygen atoms in total. The first-order chi connectivity index (χ1) is 8.69. The van der Waals surface area contributed by atoms with E-state index in [0.29, 0.717) is 30.3 Å². The number of thioether (sulfide) groups is 1. The summed E-state index contributed by atoms with van der Waals surface area (Å²) in [5.41, 5.74) is 0.528. The largest absolute Gasteiger partial charge is 0.382 e. The maximum atomic E-state index is 11.9. The van der Waals surface area contributed by atoms with Crippen LogP contribution in [-0.4, -0.2) is 31.9 Å². The van der Waals surface area contributed by atoms with Crippen molar-refractivity contribution < 1.29 is 9.53 Å². The quantitative estimate of drug-likeness (QED) is 0.618. The third-order valence-corrected chi connectivity index (χ3v) is 3.43. The molecule has 0 saturated carbocycles. The number of carbonyl (C=O) groups excluding carboxylic acids is 1. The Kier molecular flexibility index (Phi) is 7.16. The maximum Gasteiger partial charge on any atom is 0.252 e. The van der Waals surface area contributed by atoms with Gasteiger partial charge in [-0.15, -0.1) is 11.8 Å². The van der Waals surface area contributed by atoms with Crippen LogP contribution in [0.25, 0.3) is 0 Å². The SMILES string of the molecule is CCOCCCNC(=O)c1cc(SC)ccc1Cl. The lowest BCUT2D eigenvalue weighted by molar-refractivity contribution is 0.0944. The van der Waals surface area contributed by atoms with E-state index < -0.39 is 0 Å². The van der Waals surface area contributed by atoms with Crippen LogP contribution in [0.15, 0.2) is 23.1 Å². The van der Waals surface area contributed by atoms with Gasteiger partial charge in [0.25, 0.3) is 5.91 Å². The zero-order valence-corrected chi connectivity index (χ0v) is 12.2. The van der Waals surface area contributed by atoms with E-state index in [1.54, 1.807) is 17.8 Å². The van der Waals surface area contributed by atoms with Crippen molar-refractivity contribution in [2.24, 2.45) is 0 Å². The number of ether oxygens (including phenoxy) is 1. The first-order valence-corrected chi connectivity index (χ1v) is 7.48. The summed E-state index contributed by atoms with van der Waals surface area (Å²) >= 11 is 7.60. The number of nitrogens with one attached hydrogen (secondary N) is 1. The van der Waals surface area contributed by atoms with E-state index in [4.69, 9.17) is 16.3 Å². The molecule has 1 N–H and O–H groups in total. The highest BCUT2D eigenvalue weighted by Gasteiger charge is 2.10. The molecule has 5 heteroatoms. The van der Waals surface area contributed by atoms with Crippen LogP contribution < -0.4 is 5.32 Å². The van der Waals surface area contributed by atoms with Crippen molar-refractivity contribution >= 4 is 29.3 Å². The highest BCUT2D eigenvalue weighted by atomic mass is 35.5. The Bertz CT molecular complexity index is 399. The number of halogens is 1. The number of hydrogen-bond donors (Lipinski definition) is 1. The van der Waals surface area contributed by atoms with Gasteiger partial charge in [-0.1, -0.05) is 11.6 Å². The van der Waals surface area contributed by atoms with Gasteiger partial charge in [0.15, 0.2) is 0 Å². The second kappa shape index (κ2) is 8.40. The van der Waals surface area contributed by atoms with Crippen molar-refractivity contribution in [2.45, 2.75) is 18.2 Å². The molecule has 0 aliphatic heterocycles. The molecule has 0 aliphatic rings. The van der Waals surface area contributed by atoms with Crippen LogP contribution in [0.2, 0.25) is 5.02 Å². The van der Waals surface area contributed by atoms with Crippen LogP contribution in [0.3, 0.4) is 0 Å². The molecule has 0 spiro atoms. The number of amides is 1. The van der Waals surface area contributed by atoms with Gasteiger partial charge in [-0.25, -0.2) is 0 Å². The lowest BCUT2D eigenvalue weighted by Crippen LogP contribution is -2.25. The smallest absolute Gasteiger partial charge is 0.252 e. The van der Waals surface area contributed by atoms with Crippen molar-refractivity contribution in [1.29, 1.82) is 0 Å². The average molecular weight is 288 g/mol. The van der Waals surface area contributed by atoms with Crippen molar-refractivity contribution in [2.75, 3.05) is 26.0 Å². The molecule has 1 rings (SSSR count). The van der Waals surface area contributed by atoms with Gasteiger partial charge < -0.3 is 10.1 Å². The number of rotatable bonds is 7. The van der Waals surface area contributed by atoms with Gasteiger partial charge in [-0.3, -0.25) is 4.79 Å². The first-order valence-electron chi connectivity index (χ1n) is 5.88. The topological polar surface area (TPSA) is 38.3 Å². The van der Waals surface area contributed by atoms with E-state index in [1.165, 1.54) is 0 Å². The molecule has 0 bridgehead atoms. The van der Waals surface area contributed by atoms with Crippen LogP contribution in [0, 0.1) is 0 Å². The van der Waals surface area contributed by atoms with Crippen molar-refractivity contribution in [3.8, 4) is 0 Å². The monoisotopic (exact) mass is 287 g/mol. The zero-order chi connectivity index (χ0) is 13.4. The molecule has 0 unspecified atom stereocenters. The maximum absolute atomic E-state index is 11.9. The molecule has 0 radical (unpaired) electrons. The van der Waals surface area contributed by atoms with E-state index in [2.05, 4.69) is 5.32 Å². The Labute approximate surface area is 117 Å². The number of hydrogen-bond acceptors (Lipinski definition) is 3. The Morgan fingerprint density at radius 1 is 1.50 bits per heavy atom. The van der Waals surface area contributed by atoms with Gasteiger partial charge >= 0.3 is 0 Å². The van der Waals surface area contributed by atoms with E-state index in [1.807, 2.05) is 25.3 Å². The second-order valence-electron chi connectivity index (χ2n) is 3.65. The highest BCUT2D eigenvalue weighted by molar-refractivity contribution is 7.98. The molecule has 18 heavy (non-hydrogen) atoms. The molecule has 1 amide bonds. The Morgan fingerprint density at radius 2 is 2.28 bits per heavy atom. The third kappa shape index (κ3) is 4.88. The van der Waals surface area contributed by atoms with Gasteiger partial charge in [0.05, 0.1) is 10.6 Å². The van der Waals surface area contributed by atoms with Crippen LogP contribution in [-0.2, 0) is 4.74 Å². The fourth-order valence-corrected chi connectivity index (χ4v) is 2.06. The van der Waals surface area contributed by atoms with Gasteiger partial charge in [0.1, 0.15) is 0 Å². The summed E-state index contributed by atoms with van der Waals surface area (Å²) in [7, 11) is 0. The van der Waals surface area contributed by atoms with Crippen molar-refractivity contribution in [1.82, 2.24) is 5.32 Å². The Hall–Kier alpha value is -0.710. The minimum absolute atomic E-state index is 0.132. The molecule has 100 valence electrons. The normalized spacial score (nSPS) is 10.4. The second-order valence-corrected chi connectivity index (χ2v) is 4.94. The molecule has 1 aromatic carbocycles. The Balaban J connectivity index is 2.50. The Morgan fingerprint density at radius 3 is 2.94 bits per heavy atom. The molecule has 0 fully saturated rings. The van der Waals surface area contributed by atoms with Crippen molar-refractivity contribution in [3.05, 3.63) is 28.8 Å². The van der Waals surface area contributed by atoms with Gasteiger partial charge in [0.2, 0.25) is 0 Å². The number of carbonyl (C=O) groups is 1. The molecule has 1 aromatic rings. The van der Waals surface area contributed by atoms with Crippen molar-refractivity contribution in [3.63, 3.8) is 0 Å². The van der Waals surface area contributed by atoms with Crippen LogP contribution in [0.4, 0.5) is 0 Å². The minimum atomic E-state index is -0.132. The van der Waals surface area contributed by atoms with Gasteiger partial charge in [-0.05, 0) is 37.8 Å². The summed E-state index contributed by atoms with van der Waals surface area (Å²) in [5, 5.41) is 3.32. The molecular weight excluding hydrogens is 270 g/mol. The van der Waals surface area contributed by atoms with E-state index in [-0.39, 0.29) is 5.91 Å². The molecular formula is C13H18ClNO2S. The average Bonchev–Trinajstić information content (AvgIpc) is 2.39. The lowest BCUT2D eigenvalue weighted by Gasteiger charge is -2.08. The van der Waals surface area contributed by atoms with Crippen LogP contribution in [0.5, 0.6) is 0 Å². The number of benzene rings is 1. The van der Waals surface area contributed by atoms with E-state index in [0.717, 1.165) is 11.3 Å². The summed E-state index contributed by atoms with van der Waals surface area (Å²) < 4.78 is 5.20. The minimum Gasteiger partial charge on any atom is -0.382 e. The predicted molar refractivity (Wildman–Crippen MR) is 76.7 cm³/mol. The fourth-order valence-electron chi connectivity index (χ4n) is 1.42. The third-order valence-electron chi connectivity index (χ3n) is 2.37. The van der Waals surface area contributed by atoms with Crippen LogP contribution >= 0.6 is 23.4 Å². The summed E-state index contributed by atoms with van der Waals surface area (Å²) in [6, 6.07) is 5.46. The van der Waals surface area contributed by atoms with Gasteiger partial charge in [-0.2, -0.15) is 0 Å². The molecule has 0 aliphatic carbocycles. The summed E-state index contributed by atoms with van der Waals surface area (Å²) in [4.78, 5) is 12.9. The van der Waals surface area contributed by atoms with Crippen LogP contribution in [0.1, 0.15) is 23.7 Å². The summed E-state index contributed by atoms with van der Waals surface area (Å²) in [6.07, 6.45) is 2.77.